The first-order valence-electron chi connectivity index (χ1n) is 7.41. The molecule has 0 atom stereocenters. The van der Waals surface area contributed by atoms with Crippen LogP contribution in [0.25, 0.3) is 16.5 Å². The molecule has 2 aromatic rings. The van der Waals surface area contributed by atoms with Gasteiger partial charge in [-0.3, -0.25) is 4.79 Å². The third-order valence-electron chi connectivity index (χ3n) is 3.76. The topological polar surface area (TPSA) is 20.3 Å². The monoisotopic (exact) mass is 331 g/mol. The molecule has 2 nitrogen and oxygen atoms in total. The predicted octanol–water partition coefficient (Wildman–Crippen LogP) is 4.95. The summed E-state index contributed by atoms with van der Waals surface area (Å²) in [7, 11) is 1.87. The van der Waals surface area contributed by atoms with Gasteiger partial charge in [-0.2, -0.15) is 0 Å². The molecule has 22 heavy (non-hydrogen) atoms. The van der Waals surface area contributed by atoms with Gasteiger partial charge >= 0.3 is 0 Å². The lowest BCUT2D eigenvalue weighted by Gasteiger charge is -2.13. The van der Waals surface area contributed by atoms with Gasteiger partial charge in [0.25, 0.3) is 0 Å². The molecule has 1 heterocycles. The van der Waals surface area contributed by atoms with Gasteiger partial charge in [0.1, 0.15) is 0 Å². The second kappa shape index (κ2) is 6.67. The maximum atomic E-state index is 12.0. The maximum Gasteiger partial charge on any atom is 0.246 e. The van der Waals surface area contributed by atoms with Crippen molar-refractivity contribution in [1.29, 1.82) is 0 Å². The van der Waals surface area contributed by atoms with Crippen LogP contribution >= 0.6 is 22.9 Å². The van der Waals surface area contributed by atoms with Gasteiger partial charge in [-0.15, -0.1) is 11.3 Å². The molecule has 1 aromatic heterocycles. The summed E-state index contributed by atoms with van der Waals surface area (Å²) < 4.78 is 0. The Morgan fingerprint density at radius 2 is 2.09 bits per heavy atom. The second-order valence-electron chi connectivity index (χ2n) is 5.68. The number of thiophene rings is 1. The fourth-order valence-electron chi connectivity index (χ4n) is 2.31. The van der Waals surface area contributed by atoms with Gasteiger partial charge in [0, 0.05) is 40.0 Å². The fourth-order valence-corrected chi connectivity index (χ4v) is 3.55. The highest BCUT2D eigenvalue weighted by molar-refractivity contribution is 7.16. The largest absolute Gasteiger partial charge is 0.342 e. The number of benzene rings is 1. The minimum Gasteiger partial charge on any atom is -0.342 e. The molecule has 0 radical (unpaired) electrons. The number of carbonyl (C=O) groups is 1. The van der Waals surface area contributed by atoms with Crippen LogP contribution < -0.4 is 0 Å². The van der Waals surface area contributed by atoms with Gasteiger partial charge in [-0.1, -0.05) is 29.8 Å². The molecule has 1 saturated carbocycles. The van der Waals surface area contributed by atoms with Crippen molar-refractivity contribution in [3.63, 3.8) is 0 Å². The van der Waals surface area contributed by atoms with Crippen LogP contribution in [0.3, 0.4) is 0 Å². The fraction of sp³-hybridized carbons (Fsp3) is 0.278. The van der Waals surface area contributed by atoms with Crippen LogP contribution in [0.2, 0.25) is 5.02 Å². The second-order valence-corrected chi connectivity index (χ2v) is 7.20. The van der Waals surface area contributed by atoms with Crippen molar-refractivity contribution in [3.05, 3.63) is 52.4 Å². The number of rotatable bonds is 5. The zero-order valence-electron chi connectivity index (χ0n) is 12.5. The highest BCUT2D eigenvalue weighted by Crippen LogP contribution is 2.33. The highest BCUT2D eigenvalue weighted by atomic mass is 35.5. The van der Waals surface area contributed by atoms with Crippen molar-refractivity contribution in [2.75, 3.05) is 13.6 Å². The van der Waals surface area contributed by atoms with E-state index in [1.165, 1.54) is 12.8 Å². The van der Waals surface area contributed by atoms with Crippen LogP contribution in [0.5, 0.6) is 0 Å². The first-order valence-corrected chi connectivity index (χ1v) is 8.61. The average Bonchev–Trinajstić information content (AvgIpc) is 3.20. The molecule has 0 saturated heterocycles. The van der Waals surface area contributed by atoms with Gasteiger partial charge in [0.2, 0.25) is 5.91 Å². The smallest absolute Gasteiger partial charge is 0.246 e. The minimum absolute atomic E-state index is 0.0691. The van der Waals surface area contributed by atoms with E-state index in [2.05, 4.69) is 0 Å². The Labute approximate surface area is 140 Å². The summed E-state index contributed by atoms with van der Waals surface area (Å²) in [5.74, 6) is 0.788. The quantitative estimate of drug-likeness (QED) is 0.710. The third kappa shape index (κ3) is 3.79. The molecule has 1 amide bonds. The highest BCUT2D eigenvalue weighted by Gasteiger charge is 2.23. The molecule has 114 valence electrons. The zero-order valence-corrected chi connectivity index (χ0v) is 14.0. The molecule has 0 N–H and O–H groups in total. The van der Waals surface area contributed by atoms with Gasteiger partial charge in [-0.05, 0) is 43.0 Å². The Bertz CT molecular complexity index is 703. The van der Waals surface area contributed by atoms with Crippen molar-refractivity contribution in [2.24, 2.45) is 5.92 Å². The number of amides is 1. The van der Waals surface area contributed by atoms with Crippen LogP contribution in [0.4, 0.5) is 0 Å². The first kappa shape index (κ1) is 15.3. The molecule has 1 aromatic carbocycles. The maximum absolute atomic E-state index is 12.0. The van der Waals surface area contributed by atoms with E-state index in [0.717, 1.165) is 32.8 Å². The van der Waals surface area contributed by atoms with Crippen molar-refractivity contribution in [3.8, 4) is 10.4 Å². The number of hydrogen-bond donors (Lipinski definition) is 0. The van der Waals surface area contributed by atoms with E-state index in [0.29, 0.717) is 0 Å². The van der Waals surface area contributed by atoms with Crippen LogP contribution in [-0.4, -0.2) is 24.4 Å². The van der Waals surface area contributed by atoms with E-state index in [1.807, 2.05) is 49.5 Å². The Kier molecular flexibility index (Phi) is 4.65. The van der Waals surface area contributed by atoms with Crippen molar-refractivity contribution >= 4 is 34.9 Å². The lowest BCUT2D eigenvalue weighted by molar-refractivity contribution is -0.124. The van der Waals surface area contributed by atoms with Gasteiger partial charge in [-0.25, -0.2) is 0 Å². The van der Waals surface area contributed by atoms with E-state index in [4.69, 9.17) is 11.6 Å². The Morgan fingerprint density at radius 3 is 2.82 bits per heavy atom. The molecule has 1 aliphatic rings. The summed E-state index contributed by atoms with van der Waals surface area (Å²) in [4.78, 5) is 16.0. The first-order chi connectivity index (χ1) is 10.6. The summed E-state index contributed by atoms with van der Waals surface area (Å²) >= 11 is 7.86. The SMILES string of the molecule is CN(CC1CC1)C(=O)/C=C/c1ccc(-c2ccccc2Cl)s1. The number of carbonyl (C=O) groups excluding carboxylic acids is 1. The molecular formula is C18H18ClNOS. The third-order valence-corrected chi connectivity index (χ3v) is 5.17. The van der Waals surface area contributed by atoms with Crippen LogP contribution in [0.15, 0.2) is 42.5 Å². The number of halogens is 1. The Morgan fingerprint density at radius 1 is 1.32 bits per heavy atom. The van der Waals surface area contributed by atoms with E-state index in [-0.39, 0.29) is 5.91 Å². The van der Waals surface area contributed by atoms with Gasteiger partial charge < -0.3 is 4.90 Å². The van der Waals surface area contributed by atoms with Crippen molar-refractivity contribution in [2.45, 2.75) is 12.8 Å². The van der Waals surface area contributed by atoms with E-state index >= 15 is 0 Å². The molecule has 1 fully saturated rings. The standard InChI is InChI=1S/C18H18ClNOS/c1-20(12-13-6-7-13)18(21)11-9-14-8-10-17(22-14)15-4-2-3-5-16(15)19/h2-5,8-11,13H,6-7,12H2,1H3/b11-9+. The number of nitrogens with zero attached hydrogens (tertiary/aromatic N) is 1. The van der Waals surface area contributed by atoms with Gasteiger partial charge in [0.15, 0.2) is 0 Å². The van der Waals surface area contributed by atoms with Crippen molar-refractivity contribution < 1.29 is 4.79 Å². The molecule has 3 rings (SSSR count). The number of likely N-dealkylation sites (N-methyl/N-ethyl adjacent to an activating group) is 1. The normalized spacial score (nSPS) is 14.5. The van der Waals surface area contributed by atoms with Crippen molar-refractivity contribution in [1.82, 2.24) is 4.90 Å². The lowest BCUT2D eigenvalue weighted by Crippen LogP contribution is -2.26. The summed E-state index contributed by atoms with van der Waals surface area (Å²) in [6.07, 6.45) is 6.06. The summed E-state index contributed by atoms with van der Waals surface area (Å²) in [6.45, 7) is 0.873. The van der Waals surface area contributed by atoms with E-state index < -0.39 is 0 Å². The molecule has 0 spiro atoms. The zero-order chi connectivity index (χ0) is 15.5. The summed E-state index contributed by atoms with van der Waals surface area (Å²) in [5, 5.41) is 0.750. The minimum atomic E-state index is 0.0691. The Balaban J connectivity index is 1.67. The van der Waals surface area contributed by atoms with Crippen LogP contribution in [0, 0.1) is 5.92 Å². The average molecular weight is 332 g/mol. The lowest BCUT2D eigenvalue weighted by atomic mass is 10.2. The molecule has 4 heteroatoms. The van der Waals surface area contributed by atoms with E-state index in [9.17, 15) is 4.79 Å². The Hall–Kier alpha value is -1.58. The van der Waals surface area contributed by atoms with Crippen LogP contribution in [0.1, 0.15) is 17.7 Å². The molecule has 1 aliphatic carbocycles. The summed E-state index contributed by atoms with van der Waals surface area (Å²) in [5.41, 5.74) is 1.03. The number of hydrogen-bond acceptors (Lipinski definition) is 2. The molecule has 0 unspecified atom stereocenters. The van der Waals surface area contributed by atoms with E-state index in [1.54, 1.807) is 22.3 Å². The molecule has 0 aliphatic heterocycles. The predicted molar refractivity (Wildman–Crippen MR) is 94.2 cm³/mol. The molecular weight excluding hydrogens is 314 g/mol. The van der Waals surface area contributed by atoms with Crippen LogP contribution in [-0.2, 0) is 4.79 Å². The summed E-state index contributed by atoms with van der Waals surface area (Å²) in [6, 6.07) is 11.9. The molecule has 0 bridgehead atoms. The van der Waals surface area contributed by atoms with Gasteiger partial charge in [0.05, 0.1) is 0 Å².